The SMILES string of the molecule is C=C1C(=O)C(=O)C(C)=C1[O-].C=C1C(=O)C(=O)C(C)=C1[O-].C=C1C(=O)C(C)C(O)C1=O.CC1=C([O-])C(=O)C(C)C1=O.CC1C(=O)C([O-])C(C)C1[O-]. The van der Waals surface area contributed by atoms with Crippen LogP contribution in [0.5, 0.6) is 0 Å². The van der Waals surface area contributed by atoms with Crippen molar-refractivity contribution in [3.63, 3.8) is 0 Å². The lowest BCUT2D eigenvalue weighted by Crippen LogP contribution is -2.39. The zero-order chi connectivity index (χ0) is 39.4. The maximum atomic E-state index is 11.0. The summed E-state index contributed by atoms with van der Waals surface area (Å²) >= 11 is 0. The Kier molecular flexibility index (Phi) is 14.1. The molecule has 0 saturated heterocycles. The quantitative estimate of drug-likeness (QED) is 0.109. The Bertz CT molecular complexity index is 1560. The van der Waals surface area contributed by atoms with Gasteiger partial charge in [0.15, 0.2) is 23.1 Å². The van der Waals surface area contributed by atoms with E-state index in [4.69, 9.17) is 5.11 Å². The van der Waals surface area contributed by atoms with E-state index in [1.165, 1.54) is 41.5 Å². The van der Waals surface area contributed by atoms with Gasteiger partial charge in [-0.1, -0.05) is 69.8 Å². The van der Waals surface area contributed by atoms with Gasteiger partial charge in [0.05, 0.1) is 17.4 Å². The van der Waals surface area contributed by atoms with Crippen molar-refractivity contribution in [3.05, 3.63) is 70.5 Å². The lowest BCUT2D eigenvalue weighted by molar-refractivity contribution is -0.463. The van der Waals surface area contributed by atoms with Crippen LogP contribution in [0.25, 0.3) is 0 Å². The highest BCUT2D eigenvalue weighted by Gasteiger charge is 2.40. The molecule has 15 heteroatoms. The summed E-state index contributed by atoms with van der Waals surface area (Å²) in [4.78, 5) is 96.6. The van der Waals surface area contributed by atoms with E-state index in [0.29, 0.717) is 0 Å². The lowest BCUT2D eigenvalue weighted by Gasteiger charge is -2.28. The highest BCUT2D eigenvalue weighted by atomic mass is 16.3. The molecular weight excluding hydrogens is 660 g/mol. The highest BCUT2D eigenvalue weighted by Crippen LogP contribution is 2.25. The summed E-state index contributed by atoms with van der Waals surface area (Å²) < 4.78 is 0. The van der Waals surface area contributed by atoms with E-state index >= 15 is 0 Å². The van der Waals surface area contributed by atoms with Gasteiger partial charge in [-0.25, -0.2) is 0 Å². The molecule has 50 heavy (non-hydrogen) atoms. The summed E-state index contributed by atoms with van der Waals surface area (Å²) in [5.74, 6) is -9.19. The average molecular weight is 696 g/mol. The Morgan fingerprint density at radius 3 is 1.00 bits per heavy atom. The fraction of sp³-hybridized carbons (Fsp3) is 0.400. The van der Waals surface area contributed by atoms with Crippen molar-refractivity contribution in [1.29, 1.82) is 0 Å². The second kappa shape index (κ2) is 16.4. The van der Waals surface area contributed by atoms with E-state index in [1.54, 1.807) is 6.92 Å². The lowest BCUT2D eigenvalue weighted by atomic mass is 10.0. The van der Waals surface area contributed by atoms with Gasteiger partial charge in [-0.3, -0.25) is 38.4 Å². The molecule has 0 radical (unpaired) electrons. The van der Waals surface area contributed by atoms with E-state index in [-0.39, 0.29) is 45.0 Å². The van der Waals surface area contributed by atoms with Crippen molar-refractivity contribution >= 4 is 52.0 Å². The Morgan fingerprint density at radius 1 is 0.520 bits per heavy atom. The van der Waals surface area contributed by atoms with Crippen molar-refractivity contribution in [2.75, 3.05) is 0 Å². The van der Waals surface area contributed by atoms with Crippen LogP contribution in [0, 0.1) is 23.7 Å². The fourth-order valence-electron chi connectivity index (χ4n) is 4.67. The summed E-state index contributed by atoms with van der Waals surface area (Å²) in [5, 5.41) is 63.0. The standard InChI is InChI=1S/C7H10O3.2C7H8O3.2C7H6O3/c5*1-3-5(8)4(2)7(10)6(3)9/h3-6H,1-2H3;3,10H,1-2H3;4,7,10H,1H2,2H3;2*8H,1H2,2H3/q-2;;;;/p-3. The Hall–Kier alpha value is -5.25. The third-order valence-corrected chi connectivity index (χ3v) is 8.56. The Morgan fingerprint density at radius 2 is 0.920 bits per heavy atom. The largest absolute Gasteiger partial charge is 0.872 e. The molecule has 0 aromatic carbocycles. The first-order valence-electron chi connectivity index (χ1n) is 14.9. The third-order valence-electron chi connectivity index (χ3n) is 8.56. The second-order valence-corrected chi connectivity index (χ2v) is 12.0. The van der Waals surface area contributed by atoms with Gasteiger partial charge in [-0.2, -0.15) is 0 Å². The van der Waals surface area contributed by atoms with Gasteiger partial charge in [0.1, 0.15) is 11.9 Å². The van der Waals surface area contributed by atoms with E-state index < -0.39 is 99.7 Å². The molecule has 0 spiro atoms. The van der Waals surface area contributed by atoms with E-state index in [2.05, 4.69) is 19.7 Å². The topological polar surface area (TPSA) is 289 Å². The molecule has 0 heterocycles. The molecule has 5 aliphatic carbocycles. The molecule has 0 amide bonds. The molecule has 15 nitrogen and oxygen atoms in total. The van der Waals surface area contributed by atoms with Crippen molar-refractivity contribution in [2.45, 2.75) is 66.8 Å². The first-order valence-corrected chi connectivity index (χ1v) is 14.9. The van der Waals surface area contributed by atoms with Gasteiger partial charge in [0.2, 0.25) is 23.1 Å². The number of aliphatic hydroxyl groups is 1. The minimum atomic E-state index is -1.27. The third kappa shape index (κ3) is 8.30. The van der Waals surface area contributed by atoms with Crippen LogP contribution in [-0.4, -0.2) is 75.5 Å². The smallest absolute Gasteiger partial charge is 0.231 e. The van der Waals surface area contributed by atoms with Crippen LogP contribution in [0.3, 0.4) is 0 Å². The van der Waals surface area contributed by atoms with E-state index in [1.807, 2.05) is 0 Å². The molecule has 270 valence electrons. The number of hydrogen-bond acceptors (Lipinski definition) is 15. The summed E-state index contributed by atoms with van der Waals surface area (Å²) in [6.07, 6.45) is -3.40. The van der Waals surface area contributed by atoms with Gasteiger partial charge < -0.3 is 35.4 Å². The predicted octanol–water partition coefficient (Wildman–Crippen LogP) is -3.94. The van der Waals surface area contributed by atoms with Gasteiger partial charge in [0.25, 0.3) is 0 Å². The minimum Gasteiger partial charge on any atom is -0.872 e. The predicted molar refractivity (Wildman–Crippen MR) is 161 cm³/mol. The van der Waals surface area contributed by atoms with Crippen LogP contribution in [0.1, 0.15) is 48.5 Å². The molecule has 2 saturated carbocycles. The van der Waals surface area contributed by atoms with Crippen LogP contribution >= 0.6 is 0 Å². The maximum absolute atomic E-state index is 11.0. The summed E-state index contributed by atoms with van der Waals surface area (Å²) in [7, 11) is 0. The number of carbonyl (C=O) groups is 9. The molecule has 0 aromatic rings. The van der Waals surface area contributed by atoms with Crippen molar-refractivity contribution in [1.82, 2.24) is 0 Å². The van der Waals surface area contributed by atoms with E-state index in [9.17, 15) is 68.7 Å². The van der Waals surface area contributed by atoms with Crippen LogP contribution in [0.4, 0.5) is 0 Å². The van der Waals surface area contributed by atoms with E-state index in [0.717, 1.165) is 0 Å². The second-order valence-electron chi connectivity index (χ2n) is 12.0. The van der Waals surface area contributed by atoms with Crippen molar-refractivity contribution in [2.24, 2.45) is 23.7 Å². The number of aliphatic hydroxyl groups excluding tert-OH is 1. The highest BCUT2D eigenvalue weighted by molar-refractivity contribution is 6.53. The molecule has 7 atom stereocenters. The fourth-order valence-corrected chi connectivity index (χ4v) is 4.67. The normalized spacial score (nSPS) is 29.3. The Labute approximate surface area is 286 Å². The van der Waals surface area contributed by atoms with Gasteiger partial charge >= 0.3 is 0 Å². The number of Topliss-reactive ketones (excluding diaryl/α,β-unsaturated/α-hetero) is 9. The van der Waals surface area contributed by atoms with Crippen LogP contribution in [0.15, 0.2) is 70.5 Å². The van der Waals surface area contributed by atoms with Crippen molar-refractivity contribution in [3.8, 4) is 0 Å². The number of ketones is 9. The monoisotopic (exact) mass is 695 g/mol. The number of hydrogen-bond donors (Lipinski definition) is 1. The molecular formula is C35H35O15-5. The van der Waals surface area contributed by atoms with Crippen LogP contribution in [0.2, 0.25) is 0 Å². The number of carbonyl (C=O) groups excluding carboxylic acids is 9. The summed E-state index contributed by atoms with van der Waals surface area (Å²) in [6.45, 7) is 19.7. The molecule has 0 aromatic heterocycles. The summed E-state index contributed by atoms with van der Waals surface area (Å²) in [6, 6.07) is 0. The maximum Gasteiger partial charge on any atom is 0.231 e. The molecule has 5 aliphatic rings. The number of rotatable bonds is 0. The van der Waals surface area contributed by atoms with Crippen LogP contribution in [-0.2, 0) is 43.2 Å². The zero-order valence-corrected chi connectivity index (χ0v) is 28.3. The van der Waals surface area contributed by atoms with Crippen molar-refractivity contribution < 1.29 is 73.8 Å². The van der Waals surface area contributed by atoms with Gasteiger partial charge in [-0.15, -0.1) is 6.10 Å². The molecule has 0 bridgehead atoms. The van der Waals surface area contributed by atoms with Crippen LogP contribution < -0.4 is 25.5 Å². The Balaban J connectivity index is 0.000000312. The molecule has 1 N–H and O–H groups in total. The first kappa shape index (κ1) is 42.8. The molecule has 0 aliphatic heterocycles. The number of allylic oxidation sites excluding steroid dienone is 6. The van der Waals surface area contributed by atoms with Gasteiger partial charge in [0, 0.05) is 17.1 Å². The molecule has 2 fully saturated rings. The average Bonchev–Trinajstić information content (AvgIpc) is 3.60. The minimum absolute atomic E-state index is 0.0185. The molecule has 5 rings (SSSR count). The van der Waals surface area contributed by atoms with Gasteiger partial charge in [-0.05, 0) is 44.4 Å². The molecule has 7 unspecified atom stereocenters. The summed E-state index contributed by atoms with van der Waals surface area (Å²) in [5.41, 5.74) is -0.437. The zero-order valence-electron chi connectivity index (χ0n) is 28.3. The first-order chi connectivity index (χ1) is 22.8.